The predicted octanol–water partition coefficient (Wildman–Crippen LogP) is 11.2. The van der Waals surface area contributed by atoms with Gasteiger partial charge < -0.3 is 18.9 Å². The second kappa shape index (κ2) is 34.3. The molecule has 0 aliphatic carbocycles. The molecule has 51 heavy (non-hydrogen) atoms. The zero-order valence-electron chi connectivity index (χ0n) is 33.6. The lowest BCUT2D eigenvalue weighted by atomic mass is 10.1. The topological polar surface area (TPSA) is 108 Å². The van der Waals surface area contributed by atoms with Gasteiger partial charge in [0.1, 0.15) is 19.8 Å². The SMILES string of the molecule is CCCCC/C=C\CCCCCCCC(=O)O[C@H](COC(=O)CCCCCCC/C=C\CCCCCCCC)COP(=O)(O)OCC[N+](C)(C)C. The molecular formula is C41H79NO8P+. The van der Waals surface area contributed by atoms with E-state index >= 15 is 0 Å². The average molecular weight is 745 g/mol. The Morgan fingerprint density at radius 3 is 1.49 bits per heavy atom. The van der Waals surface area contributed by atoms with Crippen LogP contribution in [0.4, 0.5) is 0 Å². The van der Waals surface area contributed by atoms with Crippen LogP contribution < -0.4 is 0 Å². The number of rotatable bonds is 37. The third kappa shape index (κ3) is 38.0. The minimum atomic E-state index is -4.37. The molecule has 300 valence electrons. The Morgan fingerprint density at radius 1 is 0.588 bits per heavy atom. The molecule has 0 fully saturated rings. The number of carbonyl (C=O) groups is 2. The van der Waals surface area contributed by atoms with Crippen LogP contribution in [0.3, 0.4) is 0 Å². The Labute approximate surface area is 313 Å². The molecule has 0 aromatic rings. The maximum atomic E-state index is 12.6. The second-order valence-electron chi connectivity index (χ2n) is 15.0. The van der Waals surface area contributed by atoms with Crippen LogP contribution in [-0.2, 0) is 32.7 Å². The van der Waals surface area contributed by atoms with Gasteiger partial charge in [-0.2, -0.15) is 0 Å². The molecule has 0 heterocycles. The first-order valence-corrected chi connectivity index (χ1v) is 22.1. The van der Waals surface area contributed by atoms with Crippen molar-refractivity contribution in [2.24, 2.45) is 0 Å². The molecule has 0 radical (unpaired) electrons. The summed E-state index contributed by atoms with van der Waals surface area (Å²) in [6.45, 7) is 4.37. The van der Waals surface area contributed by atoms with E-state index in [1.165, 1.54) is 70.6 Å². The molecule has 2 atom stereocenters. The van der Waals surface area contributed by atoms with Gasteiger partial charge in [0.25, 0.3) is 0 Å². The first-order valence-electron chi connectivity index (χ1n) is 20.6. The van der Waals surface area contributed by atoms with Crippen LogP contribution in [0.15, 0.2) is 24.3 Å². The second-order valence-corrected chi connectivity index (χ2v) is 16.5. The highest BCUT2D eigenvalue weighted by Gasteiger charge is 2.27. The molecule has 10 heteroatoms. The highest BCUT2D eigenvalue weighted by atomic mass is 31.2. The van der Waals surface area contributed by atoms with E-state index in [0.717, 1.165) is 70.6 Å². The standard InChI is InChI=1S/C41H78NO8P/c1-6-8-10-12-14-16-18-20-21-22-24-25-27-29-31-33-40(43)47-37-39(38-49-51(45,46)48-36-35-42(3,4)5)50-41(44)34-32-30-28-26-23-19-17-15-13-11-9-7-2/h15,17,20-21,39H,6-14,16,18-19,22-38H2,1-5H3/p+1/b17-15-,21-20-/t39-/m1/s1. The number of allylic oxidation sites excluding steroid dienone is 4. The predicted molar refractivity (Wildman–Crippen MR) is 211 cm³/mol. The lowest BCUT2D eigenvalue weighted by Crippen LogP contribution is -2.37. The van der Waals surface area contributed by atoms with Crippen LogP contribution in [0, 0.1) is 0 Å². The number of hydrogen-bond donors (Lipinski definition) is 1. The quantitative estimate of drug-likeness (QED) is 0.0220. The van der Waals surface area contributed by atoms with Gasteiger partial charge in [0.2, 0.25) is 0 Å². The summed E-state index contributed by atoms with van der Waals surface area (Å²) in [5.74, 6) is -0.818. The van der Waals surface area contributed by atoms with Crippen LogP contribution in [-0.4, -0.2) is 74.9 Å². The minimum Gasteiger partial charge on any atom is -0.462 e. The molecule has 1 N–H and O–H groups in total. The summed E-state index contributed by atoms with van der Waals surface area (Å²) in [6, 6.07) is 0. The number of phosphoric ester groups is 1. The number of carbonyl (C=O) groups excluding carboxylic acids is 2. The Balaban J connectivity index is 4.41. The zero-order chi connectivity index (χ0) is 37.9. The van der Waals surface area contributed by atoms with Gasteiger partial charge in [-0.25, -0.2) is 4.57 Å². The van der Waals surface area contributed by atoms with Crippen LogP contribution in [0.25, 0.3) is 0 Å². The van der Waals surface area contributed by atoms with Gasteiger partial charge in [-0.1, -0.05) is 122 Å². The summed E-state index contributed by atoms with van der Waals surface area (Å²) in [7, 11) is 1.47. The van der Waals surface area contributed by atoms with Crippen molar-refractivity contribution in [3.8, 4) is 0 Å². The van der Waals surface area contributed by atoms with Crippen LogP contribution in [0.2, 0.25) is 0 Å². The van der Waals surface area contributed by atoms with Crippen molar-refractivity contribution in [2.45, 2.75) is 180 Å². The van der Waals surface area contributed by atoms with E-state index < -0.39 is 26.5 Å². The summed E-state index contributed by atoms with van der Waals surface area (Å²) in [5, 5.41) is 0. The molecule has 0 rings (SSSR count). The lowest BCUT2D eigenvalue weighted by molar-refractivity contribution is -0.870. The summed E-state index contributed by atoms with van der Waals surface area (Å²) in [4.78, 5) is 35.2. The van der Waals surface area contributed by atoms with Crippen molar-refractivity contribution in [1.29, 1.82) is 0 Å². The maximum Gasteiger partial charge on any atom is 0.472 e. The maximum absolute atomic E-state index is 12.6. The minimum absolute atomic E-state index is 0.0297. The number of hydrogen-bond acceptors (Lipinski definition) is 7. The molecule has 0 amide bonds. The lowest BCUT2D eigenvalue weighted by Gasteiger charge is -2.24. The molecule has 0 bridgehead atoms. The summed E-state index contributed by atoms with van der Waals surface area (Å²) in [6.07, 6.45) is 35.1. The molecule has 0 saturated carbocycles. The van der Waals surface area contributed by atoms with E-state index in [4.69, 9.17) is 18.5 Å². The molecule has 0 aromatic carbocycles. The van der Waals surface area contributed by atoms with Gasteiger partial charge in [-0.15, -0.1) is 0 Å². The van der Waals surface area contributed by atoms with E-state index in [1.54, 1.807) is 0 Å². The first kappa shape index (κ1) is 49.5. The fourth-order valence-electron chi connectivity index (χ4n) is 5.41. The largest absolute Gasteiger partial charge is 0.472 e. The molecular weight excluding hydrogens is 665 g/mol. The molecule has 0 saturated heterocycles. The Hall–Kier alpha value is -1.51. The van der Waals surface area contributed by atoms with E-state index in [-0.39, 0.29) is 32.0 Å². The first-order chi connectivity index (χ1) is 24.5. The summed E-state index contributed by atoms with van der Waals surface area (Å²) < 4.78 is 34.2. The third-order valence-corrected chi connectivity index (χ3v) is 9.69. The van der Waals surface area contributed by atoms with Gasteiger partial charge in [0, 0.05) is 12.8 Å². The van der Waals surface area contributed by atoms with Crippen LogP contribution in [0.1, 0.15) is 174 Å². The van der Waals surface area contributed by atoms with Crippen molar-refractivity contribution in [2.75, 3.05) is 47.5 Å². The fraction of sp³-hybridized carbons (Fsp3) is 0.854. The van der Waals surface area contributed by atoms with E-state index in [0.29, 0.717) is 17.4 Å². The smallest absolute Gasteiger partial charge is 0.462 e. The summed E-state index contributed by atoms with van der Waals surface area (Å²) >= 11 is 0. The van der Waals surface area contributed by atoms with Crippen LogP contribution >= 0.6 is 7.82 Å². The highest BCUT2D eigenvalue weighted by Crippen LogP contribution is 2.43. The number of likely N-dealkylation sites (N-methyl/N-ethyl adjacent to an activating group) is 1. The van der Waals surface area contributed by atoms with Crippen molar-refractivity contribution < 1.29 is 42.1 Å². The van der Waals surface area contributed by atoms with Crippen molar-refractivity contribution >= 4 is 19.8 Å². The van der Waals surface area contributed by atoms with E-state index in [9.17, 15) is 19.0 Å². The number of ether oxygens (including phenoxy) is 2. The number of phosphoric acid groups is 1. The number of esters is 2. The van der Waals surface area contributed by atoms with Crippen molar-refractivity contribution in [3.63, 3.8) is 0 Å². The molecule has 0 spiro atoms. The monoisotopic (exact) mass is 745 g/mol. The van der Waals surface area contributed by atoms with Gasteiger partial charge >= 0.3 is 19.8 Å². The number of quaternary nitrogens is 1. The zero-order valence-corrected chi connectivity index (χ0v) is 34.5. The highest BCUT2D eigenvalue weighted by molar-refractivity contribution is 7.47. The van der Waals surface area contributed by atoms with Gasteiger partial charge in [0.05, 0.1) is 27.7 Å². The Bertz CT molecular complexity index is 933. The van der Waals surface area contributed by atoms with Crippen LogP contribution in [0.5, 0.6) is 0 Å². The molecule has 0 aliphatic rings. The Morgan fingerprint density at radius 2 is 1.00 bits per heavy atom. The third-order valence-electron chi connectivity index (χ3n) is 8.70. The molecule has 0 aliphatic heterocycles. The Kier molecular flexibility index (Phi) is 33.3. The molecule has 0 aromatic heterocycles. The van der Waals surface area contributed by atoms with E-state index in [1.807, 2.05) is 21.1 Å². The number of unbranched alkanes of at least 4 members (excludes halogenated alkanes) is 19. The normalized spacial score (nSPS) is 13.9. The molecule has 9 nitrogen and oxygen atoms in total. The fourth-order valence-corrected chi connectivity index (χ4v) is 6.16. The van der Waals surface area contributed by atoms with Crippen molar-refractivity contribution in [1.82, 2.24) is 0 Å². The molecule has 1 unspecified atom stereocenters. The summed E-state index contributed by atoms with van der Waals surface area (Å²) in [5.41, 5.74) is 0. The number of nitrogens with zero attached hydrogens (tertiary/aromatic N) is 1. The van der Waals surface area contributed by atoms with Crippen molar-refractivity contribution in [3.05, 3.63) is 24.3 Å². The van der Waals surface area contributed by atoms with Gasteiger partial charge in [0.15, 0.2) is 6.10 Å². The van der Waals surface area contributed by atoms with Gasteiger partial charge in [-0.05, 0) is 64.2 Å². The average Bonchev–Trinajstić information content (AvgIpc) is 3.07. The van der Waals surface area contributed by atoms with Gasteiger partial charge in [-0.3, -0.25) is 18.6 Å². The van der Waals surface area contributed by atoms with E-state index in [2.05, 4.69) is 38.2 Å².